The summed E-state index contributed by atoms with van der Waals surface area (Å²) in [5.74, 6) is 4.01. The molecular weight excluding hydrogens is 278 g/mol. The van der Waals surface area contributed by atoms with Crippen molar-refractivity contribution in [1.29, 1.82) is 0 Å². The van der Waals surface area contributed by atoms with Crippen LogP contribution in [0.5, 0.6) is 0 Å². The molecule has 1 aromatic heterocycles. The van der Waals surface area contributed by atoms with Gasteiger partial charge in [0, 0.05) is 25.3 Å². The van der Waals surface area contributed by atoms with Gasteiger partial charge in [-0.3, -0.25) is 0 Å². The van der Waals surface area contributed by atoms with Crippen molar-refractivity contribution in [1.82, 2.24) is 9.97 Å². The third-order valence-electron chi connectivity index (χ3n) is 4.13. The smallest absolute Gasteiger partial charge is 0.224 e. The van der Waals surface area contributed by atoms with Crippen LogP contribution in [-0.2, 0) is 6.42 Å². The molecule has 0 amide bonds. The lowest BCUT2D eigenvalue weighted by Crippen LogP contribution is -2.29. The Bertz CT molecular complexity index is 486. The predicted octanol–water partition coefficient (Wildman–Crippen LogP) is 3.40. The number of aryl methyl sites for hydroxylation is 1. The molecule has 0 unspecified atom stereocenters. The van der Waals surface area contributed by atoms with Crippen molar-refractivity contribution in [3.8, 4) is 0 Å². The first-order chi connectivity index (χ1) is 9.29. The molecule has 3 aliphatic rings. The van der Waals surface area contributed by atoms with Gasteiger partial charge in [-0.05, 0) is 49.1 Å². The van der Waals surface area contributed by atoms with E-state index in [2.05, 4.69) is 14.9 Å². The molecule has 0 spiro atoms. The molecule has 0 aromatic carbocycles. The Morgan fingerprint density at radius 2 is 1.79 bits per heavy atom. The van der Waals surface area contributed by atoms with E-state index in [1.54, 1.807) is 0 Å². The summed E-state index contributed by atoms with van der Waals surface area (Å²) in [5, 5.41) is 0.424. The molecule has 19 heavy (non-hydrogen) atoms. The van der Waals surface area contributed by atoms with Gasteiger partial charge in [-0.2, -0.15) is 4.98 Å². The van der Waals surface area contributed by atoms with Gasteiger partial charge in [-0.15, -0.1) is 11.8 Å². The van der Waals surface area contributed by atoms with E-state index in [1.165, 1.54) is 30.6 Å². The first kappa shape index (κ1) is 12.3. The van der Waals surface area contributed by atoms with Crippen LogP contribution >= 0.6 is 23.4 Å². The van der Waals surface area contributed by atoms with Crippen LogP contribution in [-0.4, -0.2) is 28.8 Å². The molecule has 0 bridgehead atoms. The minimum atomic E-state index is 0.424. The van der Waals surface area contributed by atoms with Gasteiger partial charge in [0.25, 0.3) is 0 Å². The summed E-state index contributed by atoms with van der Waals surface area (Å²) in [5.41, 5.74) is 1.16. The Hall–Kier alpha value is -0.480. The van der Waals surface area contributed by atoms with Crippen LogP contribution in [0.15, 0.2) is 4.90 Å². The van der Waals surface area contributed by atoms with Crippen LogP contribution in [0.1, 0.15) is 31.4 Å². The number of fused-ring (bicyclic) bond motifs is 1. The summed E-state index contributed by atoms with van der Waals surface area (Å²) in [7, 11) is 0. The fraction of sp³-hybridized carbons (Fsp3) is 0.714. The maximum atomic E-state index is 6.12. The third kappa shape index (κ3) is 2.70. The first-order valence-electron chi connectivity index (χ1n) is 7.24. The minimum Gasteiger partial charge on any atom is -0.355 e. The Labute approximate surface area is 123 Å². The molecule has 4 rings (SSSR count). The molecule has 1 aliphatic heterocycles. The zero-order chi connectivity index (χ0) is 12.8. The van der Waals surface area contributed by atoms with Crippen molar-refractivity contribution in [2.24, 2.45) is 11.8 Å². The van der Waals surface area contributed by atoms with Gasteiger partial charge in [-0.25, -0.2) is 4.98 Å². The molecule has 5 heteroatoms. The van der Waals surface area contributed by atoms with Gasteiger partial charge in [0.15, 0.2) is 0 Å². The van der Waals surface area contributed by atoms with Crippen LogP contribution in [0.2, 0.25) is 5.28 Å². The van der Waals surface area contributed by atoms with Crippen LogP contribution < -0.4 is 4.90 Å². The van der Waals surface area contributed by atoms with Gasteiger partial charge < -0.3 is 4.90 Å². The monoisotopic (exact) mass is 295 g/mol. The summed E-state index contributed by atoms with van der Waals surface area (Å²) in [6, 6.07) is 0. The number of aromatic nitrogens is 2. The summed E-state index contributed by atoms with van der Waals surface area (Å²) in [6.07, 6.45) is 6.57. The van der Waals surface area contributed by atoms with Crippen molar-refractivity contribution < 1.29 is 0 Å². The second-order valence-corrected chi connectivity index (χ2v) is 7.43. The van der Waals surface area contributed by atoms with Crippen molar-refractivity contribution in [2.45, 2.75) is 37.0 Å². The highest BCUT2D eigenvalue weighted by atomic mass is 35.5. The average Bonchev–Trinajstić information content (AvgIpc) is 3.30. The summed E-state index contributed by atoms with van der Waals surface area (Å²) < 4.78 is 0. The van der Waals surface area contributed by atoms with Crippen LogP contribution in [0, 0.1) is 11.8 Å². The van der Waals surface area contributed by atoms with E-state index in [1.807, 2.05) is 11.8 Å². The van der Waals surface area contributed by atoms with E-state index in [9.17, 15) is 0 Å². The minimum absolute atomic E-state index is 0.424. The molecule has 3 nitrogen and oxygen atoms in total. The zero-order valence-corrected chi connectivity index (χ0v) is 12.5. The van der Waals surface area contributed by atoms with Gasteiger partial charge >= 0.3 is 0 Å². The van der Waals surface area contributed by atoms with Gasteiger partial charge in [0.2, 0.25) is 5.28 Å². The molecule has 0 atom stereocenters. The van der Waals surface area contributed by atoms with Crippen molar-refractivity contribution in [3.05, 3.63) is 11.0 Å². The van der Waals surface area contributed by atoms with E-state index >= 15 is 0 Å². The number of nitrogens with zero attached hydrogens (tertiary/aromatic N) is 3. The highest BCUT2D eigenvalue weighted by Crippen LogP contribution is 2.41. The lowest BCUT2D eigenvalue weighted by atomic mass is 10.2. The molecule has 2 saturated carbocycles. The van der Waals surface area contributed by atoms with Crippen LogP contribution in [0.25, 0.3) is 0 Å². The molecule has 0 saturated heterocycles. The SMILES string of the molecule is Clc1nc2c(c(N(CC3CC3)CC3CC3)n1)SCC2. The third-order valence-corrected chi connectivity index (χ3v) is 5.41. The van der Waals surface area contributed by atoms with E-state index in [0.717, 1.165) is 48.6 Å². The van der Waals surface area contributed by atoms with Crippen LogP contribution in [0.4, 0.5) is 5.82 Å². The normalized spacial score (nSPS) is 21.5. The molecule has 2 aliphatic carbocycles. The first-order valence-corrected chi connectivity index (χ1v) is 8.60. The van der Waals surface area contributed by atoms with Crippen molar-refractivity contribution in [3.63, 3.8) is 0 Å². The maximum absolute atomic E-state index is 6.12. The van der Waals surface area contributed by atoms with E-state index in [0.29, 0.717) is 5.28 Å². The summed E-state index contributed by atoms with van der Waals surface area (Å²) >= 11 is 8.02. The van der Waals surface area contributed by atoms with Gasteiger partial charge in [-0.1, -0.05) is 0 Å². The molecule has 2 fully saturated rings. The quantitative estimate of drug-likeness (QED) is 0.779. The van der Waals surface area contributed by atoms with Gasteiger partial charge in [0.1, 0.15) is 5.82 Å². The molecule has 102 valence electrons. The number of halogens is 1. The molecule has 1 aromatic rings. The number of hydrogen-bond acceptors (Lipinski definition) is 4. The predicted molar refractivity (Wildman–Crippen MR) is 79.1 cm³/mol. The second kappa shape index (κ2) is 4.81. The molecule has 0 N–H and O–H groups in total. The fourth-order valence-corrected chi connectivity index (χ4v) is 4.01. The molecular formula is C14H18ClN3S. The summed E-state index contributed by atoms with van der Waals surface area (Å²) in [4.78, 5) is 12.8. The number of hydrogen-bond donors (Lipinski definition) is 0. The van der Waals surface area contributed by atoms with E-state index in [-0.39, 0.29) is 0 Å². The lowest BCUT2D eigenvalue weighted by molar-refractivity contribution is 0.663. The Morgan fingerprint density at radius 3 is 2.42 bits per heavy atom. The van der Waals surface area contributed by atoms with E-state index in [4.69, 9.17) is 11.6 Å². The number of rotatable bonds is 5. The number of thioether (sulfide) groups is 1. The zero-order valence-electron chi connectivity index (χ0n) is 10.9. The topological polar surface area (TPSA) is 29.0 Å². The standard InChI is InChI=1S/C14H18ClN3S/c15-14-16-11-5-6-19-12(11)13(17-14)18(7-9-1-2-9)8-10-3-4-10/h9-10H,1-8H2. The summed E-state index contributed by atoms with van der Waals surface area (Å²) in [6.45, 7) is 2.33. The Morgan fingerprint density at radius 1 is 1.11 bits per heavy atom. The van der Waals surface area contributed by atoms with Crippen LogP contribution in [0.3, 0.4) is 0 Å². The van der Waals surface area contributed by atoms with Crippen molar-refractivity contribution in [2.75, 3.05) is 23.7 Å². The molecule has 0 radical (unpaired) electrons. The molecule has 2 heterocycles. The average molecular weight is 296 g/mol. The van der Waals surface area contributed by atoms with Crippen molar-refractivity contribution >= 4 is 29.2 Å². The second-order valence-electron chi connectivity index (χ2n) is 5.98. The fourth-order valence-electron chi connectivity index (χ4n) is 2.71. The highest BCUT2D eigenvalue weighted by Gasteiger charge is 2.32. The Balaban J connectivity index is 1.66. The maximum Gasteiger partial charge on any atom is 0.224 e. The Kier molecular flexibility index (Phi) is 3.11. The van der Waals surface area contributed by atoms with E-state index < -0.39 is 0 Å². The largest absolute Gasteiger partial charge is 0.355 e. The highest BCUT2D eigenvalue weighted by molar-refractivity contribution is 7.99. The number of anilines is 1. The van der Waals surface area contributed by atoms with Gasteiger partial charge in [0.05, 0.1) is 10.6 Å². The lowest BCUT2D eigenvalue weighted by Gasteiger charge is -2.25.